The minimum atomic E-state index is -3.72. The summed E-state index contributed by atoms with van der Waals surface area (Å²) < 4.78 is 28.3. The van der Waals surface area contributed by atoms with E-state index < -0.39 is 10.0 Å². The van der Waals surface area contributed by atoms with E-state index in [1.807, 2.05) is 24.3 Å². The molecule has 3 heterocycles. The molecule has 0 spiro atoms. The van der Waals surface area contributed by atoms with Crippen LogP contribution in [-0.4, -0.2) is 44.9 Å². The predicted octanol–water partition coefficient (Wildman–Crippen LogP) is 2.93. The summed E-state index contributed by atoms with van der Waals surface area (Å²) >= 11 is 0. The molecule has 0 atom stereocenters. The zero-order valence-electron chi connectivity index (χ0n) is 17.5. The van der Waals surface area contributed by atoms with E-state index in [9.17, 15) is 8.42 Å². The number of nitrogens with one attached hydrogen (secondary N) is 1. The maximum absolute atomic E-state index is 12.7. The quantitative estimate of drug-likeness (QED) is 0.381. The van der Waals surface area contributed by atoms with Crippen LogP contribution in [0.1, 0.15) is 0 Å². The van der Waals surface area contributed by atoms with Gasteiger partial charge < -0.3 is 5.73 Å². The second-order valence-corrected chi connectivity index (χ2v) is 9.12. The van der Waals surface area contributed by atoms with Crippen LogP contribution in [0.15, 0.2) is 73.0 Å². The molecule has 0 bridgehead atoms. The number of H-pyrrole nitrogens is 1. The normalized spacial score (nSPS) is 11.8. The van der Waals surface area contributed by atoms with Crippen LogP contribution in [0.5, 0.6) is 0 Å². The van der Waals surface area contributed by atoms with Gasteiger partial charge in [0.2, 0.25) is 0 Å². The molecule has 0 unspecified atom stereocenters. The average Bonchev–Trinajstić information content (AvgIpc) is 3.45. The molecule has 0 fully saturated rings. The average molecular weight is 461 g/mol. The number of para-hydroxylation sites is 1. The molecule has 0 saturated carbocycles. The number of aromatic amines is 1. The summed E-state index contributed by atoms with van der Waals surface area (Å²) in [6.07, 6.45) is 3.10. The molecular formula is C22H20N8O2S. The highest BCUT2D eigenvalue weighted by Gasteiger charge is 2.22. The lowest BCUT2D eigenvalue weighted by Crippen LogP contribution is -2.32. The largest absolute Gasteiger partial charge is 0.383 e. The Morgan fingerprint density at radius 1 is 1.15 bits per heavy atom. The molecule has 5 rings (SSSR count). The Kier molecular flexibility index (Phi) is 5.02. The topological polar surface area (TPSA) is 136 Å². The molecule has 10 nitrogen and oxygen atoms in total. The van der Waals surface area contributed by atoms with Gasteiger partial charge in [0.25, 0.3) is 10.0 Å². The molecule has 0 aliphatic heterocycles. The van der Waals surface area contributed by atoms with Gasteiger partial charge in [-0.1, -0.05) is 30.8 Å². The van der Waals surface area contributed by atoms with Gasteiger partial charge in [-0.3, -0.25) is 9.40 Å². The fourth-order valence-electron chi connectivity index (χ4n) is 3.75. The Bertz CT molecular complexity index is 1570. The molecule has 3 N–H and O–H groups in total. The molecule has 166 valence electrons. The van der Waals surface area contributed by atoms with Crippen LogP contribution in [0.3, 0.4) is 0 Å². The number of nitrogen functional groups attached to an aromatic ring is 1. The first-order chi connectivity index (χ1) is 16.0. The maximum Gasteiger partial charge on any atom is 0.256 e. The standard InChI is InChI=1S/C22H20N8O2S/c1-2-33(31,32)30(17-6-4-3-5-7-17)11-10-29-22-19(21(23)24-14-25-22)20(28-29)15-8-9-18-16(12-15)13-26-27-18/h2-9,12-14H,1,10-11H2,(H,26,27)(H2,23,24,25). The summed E-state index contributed by atoms with van der Waals surface area (Å²) in [5.74, 6) is 0.298. The van der Waals surface area contributed by atoms with Crippen molar-refractivity contribution in [1.29, 1.82) is 0 Å². The summed E-state index contributed by atoms with van der Waals surface area (Å²) in [6.45, 7) is 3.83. The number of aromatic nitrogens is 6. The Morgan fingerprint density at radius 2 is 1.97 bits per heavy atom. The van der Waals surface area contributed by atoms with Crippen molar-refractivity contribution in [1.82, 2.24) is 29.9 Å². The van der Waals surface area contributed by atoms with Crippen molar-refractivity contribution in [3.8, 4) is 11.3 Å². The van der Waals surface area contributed by atoms with E-state index in [2.05, 4.69) is 26.7 Å². The van der Waals surface area contributed by atoms with E-state index in [4.69, 9.17) is 10.8 Å². The van der Waals surface area contributed by atoms with Gasteiger partial charge in [-0.2, -0.15) is 10.2 Å². The van der Waals surface area contributed by atoms with Gasteiger partial charge in [0, 0.05) is 16.4 Å². The third-order valence-electron chi connectivity index (χ3n) is 5.35. The molecule has 0 amide bonds. The molecule has 0 aliphatic carbocycles. The lowest BCUT2D eigenvalue weighted by Gasteiger charge is -2.22. The molecule has 5 aromatic rings. The smallest absolute Gasteiger partial charge is 0.256 e. The van der Waals surface area contributed by atoms with Gasteiger partial charge in [0.1, 0.15) is 17.8 Å². The molecule has 0 aliphatic rings. The van der Waals surface area contributed by atoms with Crippen LogP contribution >= 0.6 is 0 Å². The molecule has 0 saturated heterocycles. The summed E-state index contributed by atoms with van der Waals surface area (Å²) in [4.78, 5) is 8.51. The first-order valence-electron chi connectivity index (χ1n) is 10.1. The second kappa shape index (κ2) is 8.02. The van der Waals surface area contributed by atoms with Crippen molar-refractivity contribution < 1.29 is 8.42 Å². The van der Waals surface area contributed by atoms with E-state index >= 15 is 0 Å². The van der Waals surface area contributed by atoms with Crippen LogP contribution < -0.4 is 10.0 Å². The zero-order valence-corrected chi connectivity index (χ0v) is 18.3. The first kappa shape index (κ1) is 20.6. The number of anilines is 2. The van der Waals surface area contributed by atoms with Crippen molar-refractivity contribution in [3.05, 3.63) is 73.0 Å². The summed E-state index contributed by atoms with van der Waals surface area (Å²) in [5, 5.41) is 14.2. The maximum atomic E-state index is 12.7. The number of nitrogens with zero attached hydrogens (tertiary/aromatic N) is 6. The minimum Gasteiger partial charge on any atom is -0.383 e. The summed E-state index contributed by atoms with van der Waals surface area (Å²) in [6, 6.07) is 14.6. The van der Waals surface area contributed by atoms with Gasteiger partial charge in [0.15, 0.2) is 5.65 Å². The third kappa shape index (κ3) is 3.68. The zero-order chi connectivity index (χ0) is 23.0. The lowest BCUT2D eigenvalue weighted by atomic mass is 10.1. The van der Waals surface area contributed by atoms with Gasteiger partial charge in [-0.15, -0.1) is 0 Å². The predicted molar refractivity (Wildman–Crippen MR) is 128 cm³/mol. The van der Waals surface area contributed by atoms with Gasteiger partial charge in [-0.05, 0) is 24.3 Å². The number of rotatable bonds is 7. The van der Waals surface area contributed by atoms with Crippen molar-refractivity contribution in [2.24, 2.45) is 0 Å². The molecule has 2 aromatic carbocycles. The second-order valence-electron chi connectivity index (χ2n) is 7.32. The molecule has 33 heavy (non-hydrogen) atoms. The number of hydrogen-bond acceptors (Lipinski definition) is 7. The number of fused-ring (bicyclic) bond motifs is 2. The van der Waals surface area contributed by atoms with Crippen LogP contribution in [-0.2, 0) is 16.6 Å². The van der Waals surface area contributed by atoms with Gasteiger partial charge >= 0.3 is 0 Å². The van der Waals surface area contributed by atoms with Crippen molar-refractivity contribution in [2.45, 2.75) is 6.54 Å². The van der Waals surface area contributed by atoms with Crippen LogP contribution in [0.25, 0.3) is 33.2 Å². The highest BCUT2D eigenvalue weighted by atomic mass is 32.2. The number of sulfonamides is 1. The van der Waals surface area contributed by atoms with E-state index in [1.54, 1.807) is 35.1 Å². The van der Waals surface area contributed by atoms with Crippen LogP contribution in [0.4, 0.5) is 11.5 Å². The third-order valence-corrected chi connectivity index (χ3v) is 6.78. The molecule has 0 radical (unpaired) electrons. The van der Waals surface area contributed by atoms with Crippen molar-refractivity contribution in [3.63, 3.8) is 0 Å². The Labute approximate surface area is 189 Å². The van der Waals surface area contributed by atoms with E-state index in [0.717, 1.165) is 21.9 Å². The number of hydrogen-bond donors (Lipinski definition) is 2. The van der Waals surface area contributed by atoms with Crippen molar-refractivity contribution >= 4 is 43.5 Å². The fraction of sp³-hybridized carbons (Fsp3) is 0.0909. The Hall–Kier alpha value is -4.25. The lowest BCUT2D eigenvalue weighted by molar-refractivity contribution is 0.588. The highest BCUT2D eigenvalue weighted by molar-refractivity contribution is 7.95. The van der Waals surface area contributed by atoms with Crippen LogP contribution in [0.2, 0.25) is 0 Å². The van der Waals surface area contributed by atoms with E-state index in [-0.39, 0.29) is 13.1 Å². The van der Waals surface area contributed by atoms with Crippen LogP contribution in [0, 0.1) is 0 Å². The Balaban J connectivity index is 1.57. The number of benzene rings is 2. The highest BCUT2D eigenvalue weighted by Crippen LogP contribution is 2.31. The monoisotopic (exact) mass is 460 g/mol. The molecule has 11 heteroatoms. The van der Waals surface area contributed by atoms with Gasteiger partial charge in [0.05, 0.1) is 35.9 Å². The van der Waals surface area contributed by atoms with Crippen molar-refractivity contribution in [2.75, 3.05) is 16.6 Å². The SMILES string of the molecule is C=CS(=O)(=O)N(CCn1nc(-c2ccc3[nH]ncc3c2)c2c(N)ncnc21)c1ccccc1. The molecular weight excluding hydrogens is 440 g/mol. The van der Waals surface area contributed by atoms with E-state index in [1.165, 1.54) is 10.6 Å². The van der Waals surface area contributed by atoms with E-state index in [0.29, 0.717) is 28.2 Å². The minimum absolute atomic E-state index is 0.124. The number of nitrogens with two attached hydrogens (primary N) is 1. The molecule has 3 aromatic heterocycles. The first-order valence-corrected chi connectivity index (χ1v) is 11.6. The summed E-state index contributed by atoms with van der Waals surface area (Å²) in [7, 11) is -3.72. The Morgan fingerprint density at radius 3 is 2.76 bits per heavy atom. The van der Waals surface area contributed by atoms with Gasteiger partial charge in [-0.25, -0.2) is 23.1 Å². The fourth-order valence-corrected chi connectivity index (χ4v) is 4.68. The summed E-state index contributed by atoms with van der Waals surface area (Å²) in [5.41, 5.74) is 9.60.